The van der Waals surface area contributed by atoms with E-state index >= 15 is 0 Å². The van der Waals surface area contributed by atoms with Gasteiger partial charge in [0.1, 0.15) is 0 Å². The molecular formula is C22H26N4O2. The molecule has 28 heavy (non-hydrogen) atoms. The highest BCUT2D eigenvalue weighted by atomic mass is 16.2. The van der Waals surface area contributed by atoms with Crippen molar-refractivity contribution in [3.8, 4) is 0 Å². The lowest BCUT2D eigenvalue weighted by molar-refractivity contribution is -0.131. The van der Waals surface area contributed by atoms with E-state index in [0.717, 1.165) is 48.5 Å². The van der Waals surface area contributed by atoms with E-state index in [-0.39, 0.29) is 17.9 Å². The molecule has 1 aromatic carbocycles. The molecule has 146 valence electrons. The molecule has 1 atom stereocenters. The van der Waals surface area contributed by atoms with E-state index < -0.39 is 0 Å². The van der Waals surface area contributed by atoms with Gasteiger partial charge in [0.2, 0.25) is 11.8 Å². The molecule has 0 radical (unpaired) electrons. The predicted molar refractivity (Wildman–Crippen MR) is 105 cm³/mol. The van der Waals surface area contributed by atoms with Gasteiger partial charge >= 0.3 is 0 Å². The molecule has 1 saturated heterocycles. The Labute approximate surface area is 165 Å². The number of hydrogen-bond acceptors (Lipinski definition) is 4. The highest BCUT2D eigenvalue weighted by Gasteiger charge is 2.31. The summed E-state index contributed by atoms with van der Waals surface area (Å²) >= 11 is 0. The predicted octanol–water partition coefficient (Wildman–Crippen LogP) is 2.60. The van der Waals surface area contributed by atoms with Crippen LogP contribution in [0.25, 0.3) is 0 Å². The first-order chi connectivity index (χ1) is 13.5. The number of aryl methyl sites for hydroxylation is 1. The summed E-state index contributed by atoms with van der Waals surface area (Å²) in [5.74, 6) is 0.958. The van der Waals surface area contributed by atoms with Crippen molar-refractivity contribution in [2.45, 2.75) is 52.1 Å². The molecule has 0 saturated carbocycles. The topological polar surface area (TPSA) is 66.4 Å². The van der Waals surface area contributed by atoms with Crippen LogP contribution in [0.3, 0.4) is 0 Å². The number of amides is 2. The van der Waals surface area contributed by atoms with E-state index in [0.29, 0.717) is 19.5 Å². The highest BCUT2D eigenvalue weighted by Crippen LogP contribution is 2.30. The summed E-state index contributed by atoms with van der Waals surface area (Å²) < 4.78 is 0. The summed E-state index contributed by atoms with van der Waals surface area (Å²) in [6.45, 7) is 5.66. The number of rotatable bonds is 3. The van der Waals surface area contributed by atoms with Crippen LogP contribution in [0.2, 0.25) is 0 Å². The second kappa shape index (κ2) is 7.70. The zero-order valence-corrected chi connectivity index (χ0v) is 16.5. The third-order valence-corrected chi connectivity index (χ3v) is 5.74. The van der Waals surface area contributed by atoms with E-state index in [1.165, 1.54) is 5.56 Å². The number of benzene rings is 1. The second-order valence-electron chi connectivity index (χ2n) is 7.80. The van der Waals surface area contributed by atoms with Gasteiger partial charge in [-0.15, -0.1) is 0 Å². The fourth-order valence-corrected chi connectivity index (χ4v) is 4.11. The normalized spacial score (nSPS) is 18.9. The third kappa shape index (κ3) is 3.77. The van der Waals surface area contributed by atoms with Crippen molar-refractivity contribution in [2.24, 2.45) is 0 Å². The van der Waals surface area contributed by atoms with Gasteiger partial charge in [0.05, 0.1) is 18.2 Å². The van der Waals surface area contributed by atoms with Crippen LogP contribution in [0.15, 0.2) is 30.5 Å². The van der Waals surface area contributed by atoms with Crippen LogP contribution in [-0.2, 0) is 29.0 Å². The minimum atomic E-state index is -0.0102. The van der Waals surface area contributed by atoms with Crippen LogP contribution in [0.4, 0.5) is 0 Å². The van der Waals surface area contributed by atoms with Crippen molar-refractivity contribution in [3.05, 3.63) is 58.7 Å². The van der Waals surface area contributed by atoms with Crippen LogP contribution in [0, 0.1) is 6.92 Å². The fourth-order valence-electron chi connectivity index (χ4n) is 4.11. The van der Waals surface area contributed by atoms with Gasteiger partial charge in [-0.25, -0.2) is 9.97 Å². The molecule has 0 aliphatic carbocycles. The summed E-state index contributed by atoms with van der Waals surface area (Å²) in [7, 11) is 0. The number of fused-ring (bicyclic) bond motifs is 1. The van der Waals surface area contributed by atoms with Crippen molar-refractivity contribution < 1.29 is 9.59 Å². The maximum atomic E-state index is 12.7. The highest BCUT2D eigenvalue weighted by molar-refractivity contribution is 5.79. The van der Waals surface area contributed by atoms with E-state index in [4.69, 9.17) is 4.98 Å². The number of carbonyl (C=O) groups is 2. The molecule has 3 heterocycles. The zero-order chi connectivity index (χ0) is 19.7. The fraction of sp³-hybridized carbons (Fsp3) is 0.455. The molecule has 2 aromatic rings. The molecule has 1 fully saturated rings. The minimum Gasteiger partial charge on any atom is -0.338 e. The number of likely N-dealkylation sites (tertiary alicyclic amines) is 1. The quantitative estimate of drug-likeness (QED) is 0.823. The van der Waals surface area contributed by atoms with Crippen molar-refractivity contribution in [2.75, 3.05) is 13.1 Å². The van der Waals surface area contributed by atoms with Crippen LogP contribution < -0.4 is 0 Å². The van der Waals surface area contributed by atoms with Crippen LogP contribution in [-0.4, -0.2) is 44.7 Å². The number of hydrogen-bond donors (Lipinski definition) is 0. The molecule has 0 spiro atoms. The zero-order valence-electron chi connectivity index (χ0n) is 16.5. The van der Waals surface area contributed by atoms with Crippen LogP contribution in [0.5, 0.6) is 0 Å². The average Bonchev–Trinajstić information content (AvgIpc) is 3.19. The summed E-state index contributed by atoms with van der Waals surface area (Å²) in [6.07, 6.45) is 4.91. The van der Waals surface area contributed by atoms with Crippen molar-refractivity contribution in [3.63, 3.8) is 0 Å². The molecule has 0 bridgehead atoms. The molecule has 0 N–H and O–H groups in total. The Balaban J connectivity index is 1.45. The van der Waals surface area contributed by atoms with Crippen molar-refractivity contribution >= 4 is 11.8 Å². The SMILES string of the molecule is CC(=O)N1CCC[C@@H]1c1ncc2c(n1)CCN(C(=O)Cc1ccc(C)cc1)C2. The first-order valence-corrected chi connectivity index (χ1v) is 9.96. The Hall–Kier alpha value is -2.76. The maximum Gasteiger partial charge on any atom is 0.227 e. The lowest BCUT2D eigenvalue weighted by Gasteiger charge is -2.29. The monoisotopic (exact) mass is 378 g/mol. The van der Waals surface area contributed by atoms with Gasteiger partial charge in [-0.2, -0.15) is 0 Å². The largest absolute Gasteiger partial charge is 0.338 e. The molecule has 6 nitrogen and oxygen atoms in total. The standard InChI is InChI=1S/C22H26N4O2/c1-15-5-7-17(8-6-15)12-21(28)25-11-9-19-18(14-25)13-23-22(24-19)20-4-3-10-26(20)16(2)27/h5-8,13,20H,3-4,9-12,14H2,1-2H3/t20-/m1/s1. The Morgan fingerprint density at radius 3 is 2.71 bits per heavy atom. The Bertz CT molecular complexity index is 894. The summed E-state index contributed by atoms with van der Waals surface area (Å²) in [5, 5.41) is 0. The Morgan fingerprint density at radius 2 is 1.96 bits per heavy atom. The average molecular weight is 378 g/mol. The molecule has 2 aliphatic rings. The summed E-state index contributed by atoms with van der Waals surface area (Å²) in [4.78, 5) is 37.6. The summed E-state index contributed by atoms with van der Waals surface area (Å²) in [6, 6.07) is 8.10. The molecule has 2 amide bonds. The van der Waals surface area contributed by atoms with Crippen LogP contribution >= 0.6 is 0 Å². The molecule has 1 aromatic heterocycles. The molecular weight excluding hydrogens is 352 g/mol. The number of carbonyl (C=O) groups excluding carboxylic acids is 2. The van der Waals surface area contributed by atoms with Gasteiger partial charge in [-0.1, -0.05) is 29.8 Å². The number of aromatic nitrogens is 2. The summed E-state index contributed by atoms with van der Waals surface area (Å²) in [5.41, 5.74) is 4.26. The molecule has 6 heteroatoms. The number of nitrogens with zero attached hydrogens (tertiary/aromatic N) is 4. The molecule has 0 unspecified atom stereocenters. The van der Waals surface area contributed by atoms with Gasteiger partial charge in [0, 0.05) is 44.7 Å². The van der Waals surface area contributed by atoms with Gasteiger partial charge in [0.15, 0.2) is 5.82 Å². The molecule has 4 rings (SSSR count). The van der Waals surface area contributed by atoms with Gasteiger partial charge in [-0.3, -0.25) is 9.59 Å². The first-order valence-electron chi connectivity index (χ1n) is 9.96. The maximum absolute atomic E-state index is 12.7. The first kappa shape index (κ1) is 18.6. The van der Waals surface area contributed by atoms with Gasteiger partial charge < -0.3 is 9.80 Å². The van der Waals surface area contributed by atoms with Gasteiger partial charge in [-0.05, 0) is 25.3 Å². The smallest absolute Gasteiger partial charge is 0.227 e. The lowest BCUT2D eigenvalue weighted by Crippen LogP contribution is -2.38. The van der Waals surface area contributed by atoms with Crippen molar-refractivity contribution in [1.82, 2.24) is 19.8 Å². The van der Waals surface area contributed by atoms with E-state index in [1.807, 2.05) is 47.2 Å². The Kier molecular flexibility index (Phi) is 5.11. The van der Waals surface area contributed by atoms with Crippen molar-refractivity contribution in [1.29, 1.82) is 0 Å². The van der Waals surface area contributed by atoms with Crippen LogP contribution in [0.1, 0.15) is 54.0 Å². The lowest BCUT2D eigenvalue weighted by atomic mass is 10.0. The molecule has 2 aliphatic heterocycles. The van der Waals surface area contributed by atoms with E-state index in [2.05, 4.69) is 4.98 Å². The minimum absolute atomic E-state index is 0.0102. The Morgan fingerprint density at radius 1 is 1.18 bits per heavy atom. The van der Waals surface area contributed by atoms with Gasteiger partial charge in [0.25, 0.3) is 0 Å². The third-order valence-electron chi connectivity index (χ3n) is 5.74. The second-order valence-corrected chi connectivity index (χ2v) is 7.80. The van der Waals surface area contributed by atoms with E-state index in [1.54, 1.807) is 6.92 Å². The van der Waals surface area contributed by atoms with E-state index in [9.17, 15) is 9.59 Å².